The molecular weight excluding hydrogens is 292 g/mol. The Morgan fingerprint density at radius 2 is 2.18 bits per heavy atom. The van der Waals surface area contributed by atoms with E-state index in [1.54, 1.807) is 11.8 Å². The van der Waals surface area contributed by atoms with Gasteiger partial charge in [-0.2, -0.15) is 11.8 Å². The number of hydrogen-bond acceptors (Lipinski definition) is 3. The fourth-order valence-corrected chi connectivity index (χ4v) is 3.41. The maximum atomic E-state index is 11.8. The summed E-state index contributed by atoms with van der Waals surface area (Å²) in [6.45, 7) is 3.32. The van der Waals surface area contributed by atoms with E-state index in [0.717, 1.165) is 31.7 Å². The van der Waals surface area contributed by atoms with Crippen molar-refractivity contribution in [2.45, 2.75) is 38.1 Å². The topological polar surface area (TPSA) is 32.3 Å². The van der Waals surface area contributed by atoms with Crippen molar-refractivity contribution in [3.63, 3.8) is 0 Å². The van der Waals surface area contributed by atoms with E-state index in [2.05, 4.69) is 40.5 Å². The predicted molar refractivity (Wildman–Crippen MR) is 95.4 cm³/mol. The molecule has 1 aliphatic heterocycles. The minimum atomic E-state index is 0.213. The first-order chi connectivity index (χ1) is 10.8. The monoisotopic (exact) mass is 320 g/mol. The van der Waals surface area contributed by atoms with Crippen molar-refractivity contribution in [3.8, 4) is 0 Å². The van der Waals surface area contributed by atoms with Crippen LogP contribution in [0.15, 0.2) is 30.3 Å². The zero-order valence-corrected chi connectivity index (χ0v) is 14.4. The van der Waals surface area contributed by atoms with Crippen LogP contribution >= 0.6 is 11.8 Å². The van der Waals surface area contributed by atoms with Gasteiger partial charge in [-0.05, 0) is 50.6 Å². The molecular formula is C18H28N2OS. The normalized spacial score (nSPS) is 19.0. The summed E-state index contributed by atoms with van der Waals surface area (Å²) < 4.78 is 0. The molecule has 1 fully saturated rings. The van der Waals surface area contributed by atoms with Crippen LogP contribution in [0.3, 0.4) is 0 Å². The molecule has 1 N–H and O–H groups in total. The number of rotatable bonds is 8. The lowest BCUT2D eigenvalue weighted by Gasteiger charge is -2.33. The van der Waals surface area contributed by atoms with Crippen molar-refractivity contribution in [2.24, 2.45) is 0 Å². The van der Waals surface area contributed by atoms with E-state index in [1.807, 2.05) is 6.26 Å². The molecule has 3 nitrogen and oxygen atoms in total. The number of nitrogens with zero attached hydrogens (tertiary/aromatic N) is 1. The molecule has 0 aliphatic carbocycles. The second-order valence-electron chi connectivity index (χ2n) is 6.04. The third-order valence-corrected chi connectivity index (χ3v) is 4.80. The van der Waals surface area contributed by atoms with Gasteiger partial charge in [0, 0.05) is 24.8 Å². The van der Waals surface area contributed by atoms with Gasteiger partial charge in [0.1, 0.15) is 0 Å². The maximum absolute atomic E-state index is 11.8. The van der Waals surface area contributed by atoms with Crippen LogP contribution in [0.25, 0.3) is 0 Å². The number of carbonyl (C=O) groups is 1. The fourth-order valence-electron chi connectivity index (χ4n) is 3.02. The molecule has 1 amide bonds. The molecule has 4 heteroatoms. The molecule has 2 rings (SSSR count). The lowest BCUT2D eigenvalue weighted by molar-refractivity contribution is -0.121. The number of nitrogens with one attached hydrogen (secondary N) is 1. The summed E-state index contributed by atoms with van der Waals surface area (Å²) >= 11 is 1.73. The lowest BCUT2D eigenvalue weighted by atomic mass is 10.0. The molecule has 0 spiro atoms. The number of likely N-dealkylation sites (tertiary alicyclic amines) is 1. The molecule has 22 heavy (non-hydrogen) atoms. The van der Waals surface area contributed by atoms with Crippen LogP contribution in [0.4, 0.5) is 0 Å². The van der Waals surface area contributed by atoms with Crippen LogP contribution in [0.2, 0.25) is 0 Å². The Hall–Kier alpha value is -1.00. The molecule has 122 valence electrons. The summed E-state index contributed by atoms with van der Waals surface area (Å²) in [5.74, 6) is 1.13. The number of thioether (sulfide) groups is 1. The highest BCUT2D eigenvalue weighted by atomic mass is 32.2. The highest BCUT2D eigenvalue weighted by Gasteiger charge is 2.20. The van der Waals surface area contributed by atoms with Gasteiger partial charge in [-0.25, -0.2) is 0 Å². The molecule has 1 atom stereocenters. The molecule has 0 unspecified atom stereocenters. The molecule has 0 saturated carbocycles. The average molecular weight is 321 g/mol. The Labute approximate surface area is 138 Å². The van der Waals surface area contributed by atoms with Gasteiger partial charge < -0.3 is 10.2 Å². The summed E-state index contributed by atoms with van der Waals surface area (Å²) in [7, 11) is 0. The van der Waals surface area contributed by atoms with E-state index >= 15 is 0 Å². The van der Waals surface area contributed by atoms with Crippen LogP contribution in [-0.2, 0) is 11.2 Å². The van der Waals surface area contributed by atoms with E-state index in [9.17, 15) is 4.79 Å². The summed E-state index contributed by atoms with van der Waals surface area (Å²) in [5.41, 5.74) is 1.42. The van der Waals surface area contributed by atoms with Gasteiger partial charge in [0.2, 0.25) is 5.91 Å². The Kier molecular flexibility index (Phi) is 7.81. The Morgan fingerprint density at radius 1 is 1.36 bits per heavy atom. The van der Waals surface area contributed by atoms with Gasteiger partial charge in [0.05, 0.1) is 0 Å². The predicted octanol–water partition coefficient (Wildman–Crippen LogP) is 2.95. The molecule has 0 radical (unpaired) electrons. The highest BCUT2D eigenvalue weighted by Crippen LogP contribution is 2.12. The lowest BCUT2D eigenvalue weighted by Crippen LogP contribution is -2.48. The highest BCUT2D eigenvalue weighted by molar-refractivity contribution is 7.98. The molecule has 1 aliphatic rings. The van der Waals surface area contributed by atoms with Gasteiger partial charge in [-0.1, -0.05) is 30.3 Å². The van der Waals surface area contributed by atoms with Crippen molar-refractivity contribution < 1.29 is 4.79 Å². The van der Waals surface area contributed by atoms with Gasteiger partial charge in [0.25, 0.3) is 0 Å². The summed E-state index contributed by atoms with van der Waals surface area (Å²) in [6, 6.07) is 11.0. The van der Waals surface area contributed by atoms with Crippen molar-refractivity contribution in [3.05, 3.63) is 35.9 Å². The summed E-state index contributed by atoms with van der Waals surface area (Å²) in [6.07, 6.45) is 7.34. The van der Waals surface area contributed by atoms with Crippen LogP contribution < -0.4 is 5.32 Å². The van der Waals surface area contributed by atoms with Crippen molar-refractivity contribution in [2.75, 3.05) is 31.6 Å². The van der Waals surface area contributed by atoms with Gasteiger partial charge >= 0.3 is 0 Å². The third-order valence-electron chi connectivity index (χ3n) is 4.19. The number of aryl methyl sites for hydroxylation is 1. The van der Waals surface area contributed by atoms with Crippen LogP contribution in [0.5, 0.6) is 0 Å². The van der Waals surface area contributed by atoms with Crippen LogP contribution in [0.1, 0.15) is 31.2 Å². The molecule has 0 bridgehead atoms. The Balaban J connectivity index is 1.66. The molecule has 1 heterocycles. The quantitative estimate of drug-likeness (QED) is 0.799. The number of carbonyl (C=O) groups excluding carboxylic acids is 1. The zero-order valence-electron chi connectivity index (χ0n) is 13.6. The second-order valence-corrected chi connectivity index (χ2v) is 7.02. The molecule has 1 aromatic rings. The van der Waals surface area contributed by atoms with E-state index in [1.165, 1.54) is 24.9 Å². The average Bonchev–Trinajstić information content (AvgIpc) is 2.54. The van der Waals surface area contributed by atoms with E-state index < -0.39 is 0 Å². The van der Waals surface area contributed by atoms with Gasteiger partial charge in [-0.3, -0.25) is 4.79 Å². The Bertz CT molecular complexity index is 438. The third kappa shape index (κ3) is 6.41. The first-order valence-corrected chi connectivity index (χ1v) is 9.72. The van der Waals surface area contributed by atoms with Crippen molar-refractivity contribution >= 4 is 17.7 Å². The van der Waals surface area contributed by atoms with E-state index in [-0.39, 0.29) is 5.91 Å². The van der Waals surface area contributed by atoms with Crippen molar-refractivity contribution in [1.82, 2.24) is 10.2 Å². The van der Waals surface area contributed by atoms with Crippen LogP contribution in [-0.4, -0.2) is 48.5 Å². The first-order valence-electron chi connectivity index (χ1n) is 8.32. The number of hydrogen-bond donors (Lipinski definition) is 1. The maximum Gasteiger partial charge on any atom is 0.221 e. The molecule has 1 saturated heterocycles. The minimum absolute atomic E-state index is 0.213. The summed E-state index contributed by atoms with van der Waals surface area (Å²) in [4.78, 5) is 14.3. The number of benzene rings is 1. The van der Waals surface area contributed by atoms with Crippen molar-refractivity contribution in [1.29, 1.82) is 0 Å². The standard InChI is InChI=1S/C18H28N2OS/c1-22-14-11-18(21)19-17-10-6-13-20(15-17)12-5-9-16-7-3-2-4-8-16/h2-4,7-8,17H,5-6,9-15H2,1H3,(H,19,21)/t17-/m1/s1. The van der Waals surface area contributed by atoms with Crippen LogP contribution in [0, 0.1) is 0 Å². The van der Waals surface area contributed by atoms with Gasteiger partial charge in [0.15, 0.2) is 0 Å². The number of piperidine rings is 1. The fraction of sp³-hybridized carbons (Fsp3) is 0.611. The molecule has 1 aromatic carbocycles. The first kappa shape index (κ1) is 17.4. The van der Waals surface area contributed by atoms with E-state index in [4.69, 9.17) is 0 Å². The summed E-state index contributed by atoms with van der Waals surface area (Å²) in [5, 5.41) is 3.20. The second kappa shape index (κ2) is 9.90. The Morgan fingerprint density at radius 3 is 2.95 bits per heavy atom. The SMILES string of the molecule is CSCCC(=O)N[C@@H]1CCCN(CCCc2ccccc2)C1. The largest absolute Gasteiger partial charge is 0.352 e. The number of amides is 1. The molecule has 0 aromatic heterocycles. The van der Waals surface area contributed by atoms with Gasteiger partial charge in [-0.15, -0.1) is 0 Å². The zero-order chi connectivity index (χ0) is 15.6. The van der Waals surface area contributed by atoms with E-state index in [0.29, 0.717) is 12.5 Å². The minimum Gasteiger partial charge on any atom is -0.352 e. The smallest absolute Gasteiger partial charge is 0.221 e.